The van der Waals surface area contributed by atoms with Crippen LogP contribution in [0.5, 0.6) is 0 Å². The van der Waals surface area contributed by atoms with Gasteiger partial charge in [-0.3, -0.25) is 4.79 Å². The Morgan fingerprint density at radius 2 is 1.92 bits per heavy atom. The first-order valence-corrected chi connectivity index (χ1v) is 3.80. The highest BCUT2D eigenvalue weighted by Gasteiger charge is 2.22. The lowest BCUT2D eigenvalue weighted by Gasteiger charge is -2.03. The zero-order chi connectivity index (χ0) is 8.39. The van der Waals surface area contributed by atoms with Crippen molar-refractivity contribution in [2.75, 3.05) is 0 Å². The van der Waals surface area contributed by atoms with Crippen molar-refractivity contribution in [1.82, 2.24) is 0 Å². The van der Waals surface area contributed by atoms with Gasteiger partial charge >= 0.3 is 5.97 Å². The van der Waals surface area contributed by atoms with Gasteiger partial charge < -0.3 is 4.74 Å². The Kier molecular flexibility index (Phi) is 1.67. The second-order valence-corrected chi connectivity index (χ2v) is 2.65. The van der Waals surface area contributed by atoms with Gasteiger partial charge in [-0.25, -0.2) is 0 Å². The largest absolute Gasteiger partial charge is 0.434 e. The molecule has 0 saturated carbocycles. The van der Waals surface area contributed by atoms with Crippen molar-refractivity contribution in [1.29, 1.82) is 0 Å². The summed E-state index contributed by atoms with van der Waals surface area (Å²) in [5, 5.41) is 0. The van der Waals surface area contributed by atoms with Gasteiger partial charge in [-0.2, -0.15) is 0 Å². The number of cyclic esters (lactones) is 1. The molecule has 1 aliphatic heterocycles. The summed E-state index contributed by atoms with van der Waals surface area (Å²) >= 11 is 0. The Bertz CT molecular complexity index is 314. The highest BCUT2D eigenvalue weighted by Crippen LogP contribution is 2.22. The van der Waals surface area contributed by atoms with Gasteiger partial charge in [0.25, 0.3) is 0 Å². The molecule has 0 saturated heterocycles. The standard InChI is InChI=1S/C10H8O2/c11-10-9(6-7-12-10)8-4-2-1-3-5-8/h1-7,9H. The summed E-state index contributed by atoms with van der Waals surface area (Å²) in [5.41, 5.74) is 0.983. The van der Waals surface area contributed by atoms with E-state index in [1.165, 1.54) is 6.26 Å². The Labute approximate surface area is 70.5 Å². The SMILES string of the molecule is O=C1OC=CC1c1ccccc1. The zero-order valence-electron chi connectivity index (χ0n) is 6.44. The zero-order valence-corrected chi connectivity index (χ0v) is 6.44. The highest BCUT2D eigenvalue weighted by atomic mass is 16.5. The normalized spacial score (nSPS) is 21.0. The van der Waals surface area contributed by atoms with Crippen molar-refractivity contribution < 1.29 is 9.53 Å². The fourth-order valence-corrected chi connectivity index (χ4v) is 1.24. The molecule has 0 spiro atoms. The molecule has 2 rings (SSSR count). The van der Waals surface area contributed by atoms with Crippen LogP contribution in [0.4, 0.5) is 0 Å². The van der Waals surface area contributed by atoms with Gasteiger partial charge in [-0.05, 0) is 11.6 Å². The lowest BCUT2D eigenvalue weighted by atomic mass is 10.0. The van der Waals surface area contributed by atoms with Crippen molar-refractivity contribution in [3.63, 3.8) is 0 Å². The number of carbonyl (C=O) groups excluding carboxylic acids is 1. The maximum absolute atomic E-state index is 11.1. The maximum atomic E-state index is 11.1. The minimum Gasteiger partial charge on any atom is -0.434 e. The molecule has 1 atom stereocenters. The van der Waals surface area contributed by atoms with Gasteiger partial charge in [-0.15, -0.1) is 0 Å². The third-order valence-corrected chi connectivity index (χ3v) is 1.87. The van der Waals surface area contributed by atoms with Gasteiger partial charge in [0.15, 0.2) is 0 Å². The molecular formula is C10H8O2. The molecule has 1 unspecified atom stereocenters. The van der Waals surface area contributed by atoms with Crippen LogP contribution in [0.3, 0.4) is 0 Å². The Hall–Kier alpha value is -1.57. The van der Waals surface area contributed by atoms with Crippen molar-refractivity contribution in [3.05, 3.63) is 48.2 Å². The lowest BCUT2D eigenvalue weighted by molar-refractivity contribution is -0.136. The molecule has 1 aliphatic rings. The monoisotopic (exact) mass is 160 g/mol. The molecule has 0 amide bonds. The predicted molar refractivity (Wildman–Crippen MR) is 44.4 cm³/mol. The van der Waals surface area contributed by atoms with E-state index >= 15 is 0 Å². The number of ether oxygens (including phenoxy) is 1. The van der Waals surface area contributed by atoms with Crippen molar-refractivity contribution in [3.8, 4) is 0 Å². The van der Waals surface area contributed by atoms with Crippen molar-refractivity contribution in [2.24, 2.45) is 0 Å². The minimum absolute atomic E-state index is 0.193. The quantitative estimate of drug-likeness (QED) is 0.586. The van der Waals surface area contributed by atoms with Gasteiger partial charge in [0.2, 0.25) is 0 Å². The van der Waals surface area contributed by atoms with E-state index in [9.17, 15) is 4.79 Å². The third kappa shape index (κ3) is 1.11. The fraction of sp³-hybridized carbons (Fsp3) is 0.100. The van der Waals surface area contributed by atoms with Crippen LogP contribution in [0.15, 0.2) is 42.7 Å². The van der Waals surface area contributed by atoms with Crippen LogP contribution in [-0.4, -0.2) is 5.97 Å². The first-order valence-electron chi connectivity index (χ1n) is 3.80. The molecule has 2 heteroatoms. The van der Waals surface area contributed by atoms with E-state index in [2.05, 4.69) is 0 Å². The lowest BCUT2D eigenvalue weighted by Crippen LogP contribution is -2.05. The van der Waals surface area contributed by atoms with Crippen LogP contribution in [0, 0.1) is 0 Å². The number of rotatable bonds is 1. The number of benzene rings is 1. The molecular weight excluding hydrogens is 152 g/mol. The second-order valence-electron chi connectivity index (χ2n) is 2.65. The molecule has 12 heavy (non-hydrogen) atoms. The molecule has 0 radical (unpaired) electrons. The molecule has 1 aromatic carbocycles. The van der Waals surface area contributed by atoms with Gasteiger partial charge in [0.05, 0.1) is 6.26 Å². The first-order chi connectivity index (χ1) is 5.88. The van der Waals surface area contributed by atoms with Gasteiger partial charge in [0.1, 0.15) is 5.92 Å². The molecule has 1 heterocycles. The second kappa shape index (κ2) is 2.81. The van der Waals surface area contributed by atoms with E-state index in [4.69, 9.17) is 4.74 Å². The predicted octanol–water partition coefficient (Wildman–Crippen LogP) is 1.84. The summed E-state index contributed by atoms with van der Waals surface area (Å²) in [5.74, 6) is -0.396. The van der Waals surface area contributed by atoms with Crippen LogP contribution in [0.2, 0.25) is 0 Å². The molecule has 0 N–H and O–H groups in total. The summed E-state index contributed by atoms with van der Waals surface area (Å²) in [6, 6.07) is 9.58. The molecule has 0 aromatic heterocycles. The third-order valence-electron chi connectivity index (χ3n) is 1.87. The molecule has 60 valence electrons. The number of hydrogen-bond donors (Lipinski definition) is 0. The Morgan fingerprint density at radius 3 is 2.50 bits per heavy atom. The molecule has 2 nitrogen and oxygen atoms in total. The van der Waals surface area contributed by atoms with E-state index in [1.54, 1.807) is 6.08 Å². The summed E-state index contributed by atoms with van der Waals surface area (Å²) in [6.07, 6.45) is 3.21. The summed E-state index contributed by atoms with van der Waals surface area (Å²) in [4.78, 5) is 11.1. The average molecular weight is 160 g/mol. The van der Waals surface area contributed by atoms with E-state index in [-0.39, 0.29) is 11.9 Å². The molecule has 1 aromatic rings. The topological polar surface area (TPSA) is 26.3 Å². The van der Waals surface area contributed by atoms with Gasteiger partial charge in [0, 0.05) is 0 Å². The van der Waals surface area contributed by atoms with Crippen LogP contribution in [0.25, 0.3) is 0 Å². The van der Waals surface area contributed by atoms with E-state index in [0.717, 1.165) is 5.56 Å². The average Bonchev–Trinajstić information content (AvgIpc) is 2.53. The van der Waals surface area contributed by atoms with Crippen molar-refractivity contribution >= 4 is 5.97 Å². The molecule has 0 aliphatic carbocycles. The van der Waals surface area contributed by atoms with Gasteiger partial charge in [-0.1, -0.05) is 30.3 Å². The minimum atomic E-state index is -0.203. The van der Waals surface area contributed by atoms with Crippen LogP contribution < -0.4 is 0 Å². The molecule has 0 bridgehead atoms. The Balaban J connectivity index is 2.31. The maximum Gasteiger partial charge on any atom is 0.322 e. The number of carbonyl (C=O) groups is 1. The smallest absolute Gasteiger partial charge is 0.322 e. The van der Waals surface area contributed by atoms with Crippen LogP contribution >= 0.6 is 0 Å². The summed E-state index contributed by atoms with van der Waals surface area (Å²) < 4.78 is 4.70. The first kappa shape index (κ1) is 7.10. The van der Waals surface area contributed by atoms with E-state index in [1.807, 2.05) is 30.3 Å². The number of esters is 1. The highest BCUT2D eigenvalue weighted by molar-refractivity contribution is 5.83. The molecule has 0 fully saturated rings. The van der Waals surface area contributed by atoms with Crippen LogP contribution in [-0.2, 0) is 9.53 Å². The van der Waals surface area contributed by atoms with E-state index in [0.29, 0.717) is 0 Å². The van der Waals surface area contributed by atoms with Crippen molar-refractivity contribution in [2.45, 2.75) is 5.92 Å². The Morgan fingerprint density at radius 1 is 1.17 bits per heavy atom. The summed E-state index contributed by atoms with van der Waals surface area (Å²) in [7, 11) is 0. The number of hydrogen-bond acceptors (Lipinski definition) is 2. The summed E-state index contributed by atoms with van der Waals surface area (Å²) in [6.45, 7) is 0. The fourth-order valence-electron chi connectivity index (χ4n) is 1.24. The van der Waals surface area contributed by atoms with Crippen LogP contribution in [0.1, 0.15) is 11.5 Å². The van der Waals surface area contributed by atoms with E-state index < -0.39 is 0 Å².